The normalized spacial score (nSPS) is 17.4. The van der Waals surface area contributed by atoms with E-state index in [1.807, 2.05) is 0 Å². The summed E-state index contributed by atoms with van der Waals surface area (Å²) < 4.78 is 31.2. The zero-order chi connectivity index (χ0) is 19.0. The first kappa shape index (κ1) is 11.4. The van der Waals surface area contributed by atoms with Gasteiger partial charge in [-0.1, -0.05) is 23.2 Å². The maximum atomic E-state index is 12.8. The molecule has 0 saturated heterocycles. The van der Waals surface area contributed by atoms with Crippen molar-refractivity contribution in [3.63, 3.8) is 0 Å². The molecule has 4 nitrogen and oxygen atoms in total. The fourth-order valence-corrected chi connectivity index (χ4v) is 2.50. The highest BCUT2D eigenvalue weighted by atomic mass is 35.5. The van der Waals surface area contributed by atoms with Gasteiger partial charge in [0.05, 0.1) is 7.26 Å². The summed E-state index contributed by atoms with van der Waals surface area (Å²) in [6, 6.07) is 0.00878. The maximum Gasteiger partial charge on any atom is 0.236 e. The van der Waals surface area contributed by atoms with Crippen molar-refractivity contribution in [3.05, 3.63) is 32.8 Å². The Morgan fingerprint density at radius 1 is 1.65 bits per heavy atom. The minimum atomic E-state index is -1.93. The zero-order valence-corrected chi connectivity index (χ0v) is 13.5. The molecule has 1 aromatic rings. The summed E-state index contributed by atoms with van der Waals surface area (Å²) >= 11 is 12.5. The Morgan fingerprint density at radius 3 is 2.75 bits per heavy atom. The molecule has 0 bridgehead atoms. The van der Waals surface area contributed by atoms with E-state index >= 15 is 0 Å². The van der Waals surface area contributed by atoms with Crippen LogP contribution in [-0.4, -0.2) is 30.9 Å². The molecule has 0 spiro atoms. The highest BCUT2D eigenvalue weighted by molar-refractivity contribution is 6.37. The van der Waals surface area contributed by atoms with Crippen molar-refractivity contribution in [2.75, 3.05) is 14.1 Å². The molecular formula is C14H19Cl2N3O. The molecule has 0 aliphatic heterocycles. The summed E-state index contributed by atoms with van der Waals surface area (Å²) in [5, 5.41) is 3.96. The number of nitrogens with zero attached hydrogens (tertiary/aromatic N) is 1. The Balaban J connectivity index is 3.54. The van der Waals surface area contributed by atoms with E-state index < -0.39 is 11.8 Å². The molecule has 1 atom stereocenters. The van der Waals surface area contributed by atoms with Gasteiger partial charge in [0.25, 0.3) is 0 Å². The number of carbonyl (C=O) groups is 1. The summed E-state index contributed by atoms with van der Waals surface area (Å²) in [5.41, 5.74) is 1.17. The zero-order valence-electron chi connectivity index (χ0n) is 16.0. The number of amides is 1. The molecule has 0 aromatic heterocycles. The van der Waals surface area contributed by atoms with Crippen LogP contribution in [0.3, 0.4) is 0 Å². The van der Waals surface area contributed by atoms with E-state index in [9.17, 15) is 4.79 Å². The van der Waals surface area contributed by atoms with Gasteiger partial charge in [-0.2, -0.15) is 0 Å². The van der Waals surface area contributed by atoms with Gasteiger partial charge in [-0.15, -0.1) is 0 Å². The first-order chi connectivity index (χ1) is 10.9. The quantitative estimate of drug-likeness (QED) is 0.649. The second-order valence-corrected chi connectivity index (χ2v) is 5.15. The first-order valence-electron chi connectivity index (χ1n) is 7.77. The third kappa shape index (κ3) is 3.07. The molecule has 0 saturated carbocycles. The van der Waals surface area contributed by atoms with Crippen molar-refractivity contribution in [2.24, 2.45) is 0 Å². The van der Waals surface area contributed by atoms with E-state index in [0.29, 0.717) is 11.1 Å². The van der Waals surface area contributed by atoms with Crippen LogP contribution >= 0.6 is 23.2 Å². The minimum Gasteiger partial charge on any atom is -0.359 e. The third-order valence-corrected chi connectivity index (χ3v) is 3.88. The van der Waals surface area contributed by atoms with Crippen LogP contribution in [0, 0.1) is 19.2 Å². The van der Waals surface area contributed by atoms with Crippen molar-refractivity contribution in [2.45, 2.75) is 26.7 Å². The SMILES string of the molecule is [2H]/N=C(\N([2H])C)N(C)C(=O)C([2H])(C)c1c(Cl)c([2H])c(C)c(C)c1Cl. The Bertz CT molecular complexity index is 679. The Hall–Kier alpha value is -1.26. The number of hydrogen-bond donors (Lipinski definition) is 2. The molecule has 0 aliphatic carbocycles. The van der Waals surface area contributed by atoms with Crippen molar-refractivity contribution in [3.8, 4) is 0 Å². The third-order valence-electron chi connectivity index (χ3n) is 3.13. The second kappa shape index (κ2) is 6.46. The molecule has 6 heteroatoms. The van der Waals surface area contributed by atoms with Gasteiger partial charge in [-0.25, -0.2) is 0 Å². The molecule has 0 heterocycles. The number of guanidine groups is 1. The molecule has 1 amide bonds. The number of benzene rings is 1. The van der Waals surface area contributed by atoms with Crippen molar-refractivity contribution >= 4 is 35.1 Å². The number of halogens is 2. The lowest BCUT2D eigenvalue weighted by Gasteiger charge is -2.23. The Morgan fingerprint density at radius 2 is 2.25 bits per heavy atom. The van der Waals surface area contributed by atoms with Crippen LogP contribution in [-0.2, 0) is 4.79 Å². The number of carbonyl (C=O) groups excluding carboxylic acids is 1. The van der Waals surface area contributed by atoms with Crippen LogP contribution in [0.25, 0.3) is 0 Å². The van der Waals surface area contributed by atoms with Gasteiger partial charge in [-0.05, 0) is 37.9 Å². The van der Waals surface area contributed by atoms with Gasteiger partial charge in [-0.3, -0.25) is 15.1 Å². The highest BCUT2D eigenvalue weighted by Crippen LogP contribution is 2.36. The monoisotopic (exact) mass is 319 g/mol. The van der Waals surface area contributed by atoms with Gasteiger partial charge < -0.3 is 5.31 Å². The molecule has 2 N–H and O–H groups in total. The molecule has 0 radical (unpaired) electrons. The van der Waals surface area contributed by atoms with Crippen LogP contribution in [0.4, 0.5) is 0 Å². The van der Waals surface area contributed by atoms with Gasteiger partial charge in [0.15, 0.2) is 8.78 Å². The summed E-state index contributed by atoms with van der Waals surface area (Å²) in [6.07, 6.45) is 0. The number of nitrogens with one attached hydrogen (secondary N) is 2. The lowest BCUT2D eigenvalue weighted by molar-refractivity contribution is -0.127. The second-order valence-electron chi connectivity index (χ2n) is 4.39. The van der Waals surface area contributed by atoms with Crippen LogP contribution < -0.4 is 5.31 Å². The van der Waals surface area contributed by atoms with Crippen LogP contribution in [0.5, 0.6) is 0 Å². The standard InChI is InChI=1S/C14H19Cl2N3O/c1-7-6-10(15)11(12(16)8(7)2)9(3)13(20)19(5)14(17)18-4/h6,9H,1-5H3,(H2,17,18)/i6D,9D/hD2. The lowest BCUT2D eigenvalue weighted by Crippen LogP contribution is -2.42. The van der Waals surface area contributed by atoms with E-state index in [2.05, 4.69) is 5.40 Å². The topological polar surface area (TPSA) is 56.2 Å². The van der Waals surface area contributed by atoms with Gasteiger partial charge in [0.2, 0.25) is 5.91 Å². The number of hydrogen-bond acceptors (Lipinski definition) is 2. The predicted molar refractivity (Wildman–Crippen MR) is 83.9 cm³/mol. The Kier molecular flexibility index (Phi) is 3.68. The summed E-state index contributed by atoms with van der Waals surface area (Å²) in [5.74, 6) is -2.97. The van der Waals surface area contributed by atoms with Gasteiger partial charge in [0, 0.05) is 31.1 Å². The average molecular weight is 320 g/mol. The largest absolute Gasteiger partial charge is 0.359 e. The Labute approximate surface area is 135 Å². The molecular weight excluding hydrogens is 297 g/mol. The minimum absolute atomic E-state index is 0.00878. The van der Waals surface area contributed by atoms with E-state index in [4.69, 9.17) is 28.8 Å². The van der Waals surface area contributed by atoms with Crippen molar-refractivity contribution in [1.82, 2.24) is 10.2 Å². The van der Waals surface area contributed by atoms with E-state index in [1.165, 1.54) is 21.0 Å². The molecule has 0 fully saturated rings. The molecule has 110 valence electrons. The van der Waals surface area contributed by atoms with E-state index in [0.717, 1.165) is 10.2 Å². The highest BCUT2D eigenvalue weighted by Gasteiger charge is 2.26. The lowest BCUT2D eigenvalue weighted by atomic mass is 9.95. The molecule has 0 aliphatic rings. The van der Waals surface area contributed by atoms with Gasteiger partial charge in [0.1, 0.15) is 0 Å². The summed E-state index contributed by atoms with van der Waals surface area (Å²) in [4.78, 5) is 13.7. The van der Waals surface area contributed by atoms with Crippen LogP contribution in [0.2, 0.25) is 12.9 Å². The first-order valence-corrected chi connectivity index (χ1v) is 6.63. The summed E-state index contributed by atoms with van der Waals surface area (Å²) in [7, 11) is 2.61. The molecule has 1 rings (SSSR count). The van der Waals surface area contributed by atoms with Crippen LogP contribution in [0.15, 0.2) is 6.04 Å². The average Bonchev–Trinajstić information content (AvgIpc) is 2.50. The smallest absolute Gasteiger partial charge is 0.236 e. The number of rotatable bonds is 2. The molecule has 1 aromatic carbocycles. The maximum absolute atomic E-state index is 12.8. The molecule has 1 unspecified atom stereocenters. The van der Waals surface area contributed by atoms with E-state index in [-0.39, 0.29) is 27.6 Å². The van der Waals surface area contributed by atoms with Crippen LogP contribution in [0.1, 0.15) is 32.2 Å². The predicted octanol–water partition coefficient (Wildman–Crippen LogP) is 3.33. The van der Waals surface area contributed by atoms with Crippen molar-refractivity contribution < 1.29 is 10.4 Å². The van der Waals surface area contributed by atoms with Crippen molar-refractivity contribution in [1.29, 1.82) is 5.40 Å². The molecule has 20 heavy (non-hydrogen) atoms. The van der Waals surface area contributed by atoms with Gasteiger partial charge >= 0.3 is 0 Å². The fourth-order valence-electron chi connectivity index (χ4n) is 1.70. The number of likely N-dealkylation sites (N-methyl/N-ethyl adjacent to an activating group) is 1. The summed E-state index contributed by atoms with van der Waals surface area (Å²) in [6.45, 7) is 4.68. The van der Waals surface area contributed by atoms with E-state index in [1.54, 1.807) is 13.8 Å². The fraction of sp³-hybridized carbons (Fsp3) is 0.429.